The van der Waals surface area contributed by atoms with E-state index >= 15 is 0 Å². The summed E-state index contributed by atoms with van der Waals surface area (Å²) in [5, 5.41) is 0. The molecule has 2 aromatic rings. The summed E-state index contributed by atoms with van der Waals surface area (Å²) in [5.74, 6) is -0.776. The molecule has 3 nitrogen and oxygen atoms in total. The fourth-order valence-corrected chi connectivity index (χ4v) is 1.58. The maximum atomic E-state index is 13.0. The second-order valence-electron chi connectivity index (χ2n) is 3.71. The predicted octanol–water partition coefficient (Wildman–Crippen LogP) is 1.91. The quantitative estimate of drug-likeness (QED) is 0.875. The Balaban J connectivity index is 2.24. The molecule has 1 aromatic carbocycles. The zero-order valence-electron chi connectivity index (χ0n) is 9.06. The Morgan fingerprint density at radius 3 is 2.82 bits per heavy atom. The first kappa shape index (κ1) is 11.3. The van der Waals surface area contributed by atoms with E-state index in [1.54, 1.807) is 18.2 Å². The first-order chi connectivity index (χ1) is 8.15. The fourth-order valence-electron chi connectivity index (χ4n) is 1.58. The van der Waals surface area contributed by atoms with E-state index in [9.17, 15) is 9.18 Å². The topological polar surface area (TPSA) is 56.0 Å². The van der Waals surface area contributed by atoms with Crippen LogP contribution in [0.2, 0.25) is 0 Å². The molecule has 0 bridgehead atoms. The third-order valence-electron chi connectivity index (χ3n) is 2.38. The van der Waals surface area contributed by atoms with E-state index in [2.05, 4.69) is 4.98 Å². The molecule has 0 atom stereocenters. The number of amides is 1. The van der Waals surface area contributed by atoms with Crippen LogP contribution in [0.15, 0.2) is 42.6 Å². The predicted molar refractivity (Wildman–Crippen MR) is 62.0 cm³/mol. The van der Waals surface area contributed by atoms with Crippen molar-refractivity contribution in [1.29, 1.82) is 0 Å². The second-order valence-corrected chi connectivity index (χ2v) is 3.71. The van der Waals surface area contributed by atoms with Crippen molar-refractivity contribution in [1.82, 2.24) is 4.98 Å². The minimum Gasteiger partial charge on any atom is -0.366 e. The maximum absolute atomic E-state index is 13.0. The zero-order valence-corrected chi connectivity index (χ0v) is 9.06. The fraction of sp³-hybridized carbons (Fsp3) is 0.0769. The second kappa shape index (κ2) is 4.74. The Morgan fingerprint density at radius 2 is 2.12 bits per heavy atom. The number of halogens is 1. The average Bonchev–Trinajstić information content (AvgIpc) is 2.29. The van der Waals surface area contributed by atoms with Crippen LogP contribution in [0.3, 0.4) is 0 Å². The standard InChI is InChI=1S/C13H11FN2O/c14-11-3-1-2-9(6-11)7-12-8-10(13(15)17)4-5-16-12/h1-6,8H,7H2,(H2,15,17). The highest BCUT2D eigenvalue weighted by molar-refractivity contribution is 5.92. The van der Waals surface area contributed by atoms with Crippen molar-refractivity contribution in [2.24, 2.45) is 5.73 Å². The van der Waals surface area contributed by atoms with E-state index in [1.165, 1.54) is 18.3 Å². The van der Waals surface area contributed by atoms with Crippen LogP contribution in [-0.4, -0.2) is 10.9 Å². The van der Waals surface area contributed by atoms with Gasteiger partial charge in [0.25, 0.3) is 0 Å². The summed E-state index contributed by atoms with van der Waals surface area (Å²) in [6.07, 6.45) is 1.99. The molecule has 0 spiro atoms. The Bertz CT molecular complexity index is 555. The number of pyridine rings is 1. The molecule has 0 aliphatic rings. The first-order valence-corrected chi connectivity index (χ1v) is 5.14. The van der Waals surface area contributed by atoms with Crippen LogP contribution in [0, 0.1) is 5.82 Å². The maximum Gasteiger partial charge on any atom is 0.248 e. The number of carbonyl (C=O) groups excluding carboxylic acids is 1. The Morgan fingerprint density at radius 1 is 1.29 bits per heavy atom. The van der Waals surface area contributed by atoms with Gasteiger partial charge in [-0.2, -0.15) is 0 Å². The van der Waals surface area contributed by atoms with Crippen LogP contribution in [0.5, 0.6) is 0 Å². The summed E-state index contributed by atoms with van der Waals surface area (Å²) in [7, 11) is 0. The summed E-state index contributed by atoms with van der Waals surface area (Å²) in [5.41, 5.74) is 7.07. The molecule has 4 heteroatoms. The molecular weight excluding hydrogens is 219 g/mol. The number of hydrogen-bond donors (Lipinski definition) is 1. The molecule has 1 heterocycles. The van der Waals surface area contributed by atoms with Gasteiger partial charge in [0.1, 0.15) is 5.82 Å². The van der Waals surface area contributed by atoms with Crippen LogP contribution in [0.1, 0.15) is 21.6 Å². The summed E-state index contributed by atoms with van der Waals surface area (Å²) >= 11 is 0. The van der Waals surface area contributed by atoms with E-state index in [4.69, 9.17) is 5.73 Å². The Hall–Kier alpha value is -2.23. The van der Waals surface area contributed by atoms with Gasteiger partial charge in [0.2, 0.25) is 5.91 Å². The van der Waals surface area contributed by atoms with Gasteiger partial charge in [-0.1, -0.05) is 12.1 Å². The molecule has 0 saturated heterocycles. The van der Waals surface area contributed by atoms with Gasteiger partial charge < -0.3 is 5.73 Å². The molecule has 1 amide bonds. The molecule has 2 N–H and O–H groups in total. The lowest BCUT2D eigenvalue weighted by atomic mass is 10.1. The highest BCUT2D eigenvalue weighted by atomic mass is 19.1. The summed E-state index contributed by atoms with van der Waals surface area (Å²) in [6, 6.07) is 9.45. The molecule has 86 valence electrons. The van der Waals surface area contributed by atoms with Gasteiger partial charge in [-0.25, -0.2) is 4.39 Å². The number of nitrogens with zero attached hydrogens (tertiary/aromatic N) is 1. The van der Waals surface area contributed by atoms with Crippen molar-refractivity contribution < 1.29 is 9.18 Å². The average molecular weight is 230 g/mol. The number of benzene rings is 1. The lowest BCUT2D eigenvalue weighted by Gasteiger charge is -2.02. The summed E-state index contributed by atoms with van der Waals surface area (Å²) < 4.78 is 13.0. The van der Waals surface area contributed by atoms with Crippen LogP contribution in [-0.2, 0) is 6.42 Å². The molecule has 17 heavy (non-hydrogen) atoms. The van der Waals surface area contributed by atoms with E-state index in [-0.39, 0.29) is 5.82 Å². The largest absolute Gasteiger partial charge is 0.366 e. The zero-order chi connectivity index (χ0) is 12.3. The Kier molecular flexibility index (Phi) is 3.14. The van der Waals surface area contributed by atoms with Crippen molar-refractivity contribution in [2.75, 3.05) is 0 Å². The Labute approximate surface area is 98.1 Å². The highest BCUT2D eigenvalue weighted by Gasteiger charge is 2.03. The van der Waals surface area contributed by atoms with Crippen molar-refractivity contribution in [3.8, 4) is 0 Å². The molecule has 0 aliphatic heterocycles. The van der Waals surface area contributed by atoms with Gasteiger partial charge in [-0.3, -0.25) is 9.78 Å². The normalized spacial score (nSPS) is 10.2. The number of nitrogens with two attached hydrogens (primary N) is 1. The molecule has 2 rings (SSSR count). The van der Waals surface area contributed by atoms with Gasteiger partial charge >= 0.3 is 0 Å². The van der Waals surface area contributed by atoms with Gasteiger partial charge in [0.15, 0.2) is 0 Å². The molecule has 0 aliphatic carbocycles. The van der Waals surface area contributed by atoms with Crippen LogP contribution in [0.25, 0.3) is 0 Å². The lowest BCUT2D eigenvalue weighted by molar-refractivity contribution is 0.1000. The van der Waals surface area contributed by atoms with E-state index < -0.39 is 5.91 Å². The smallest absolute Gasteiger partial charge is 0.248 e. The van der Waals surface area contributed by atoms with Crippen LogP contribution < -0.4 is 5.73 Å². The monoisotopic (exact) mass is 230 g/mol. The van der Waals surface area contributed by atoms with Crippen molar-refractivity contribution in [3.63, 3.8) is 0 Å². The molecule has 0 saturated carbocycles. The van der Waals surface area contributed by atoms with Crippen molar-refractivity contribution >= 4 is 5.91 Å². The molecular formula is C13H11FN2O. The SMILES string of the molecule is NC(=O)c1ccnc(Cc2cccc(F)c2)c1. The van der Waals surface area contributed by atoms with E-state index in [1.807, 2.05) is 6.07 Å². The summed E-state index contributed by atoms with van der Waals surface area (Å²) in [6.45, 7) is 0. The molecule has 0 fully saturated rings. The van der Waals surface area contributed by atoms with Crippen LogP contribution in [0.4, 0.5) is 4.39 Å². The molecule has 0 radical (unpaired) electrons. The van der Waals surface area contributed by atoms with Crippen molar-refractivity contribution in [3.05, 3.63) is 65.2 Å². The molecule has 0 unspecified atom stereocenters. The van der Waals surface area contributed by atoms with Gasteiger partial charge in [-0.15, -0.1) is 0 Å². The van der Waals surface area contributed by atoms with Gasteiger partial charge in [0.05, 0.1) is 0 Å². The van der Waals surface area contributed by atoms with E-state index in [0.717, 1.165) is 5.56 Å². The first-order valence-electron chi connectivity index (χ1n) is 5.14. The number of rotatable bonds is 3. The highest BCUT2D eigenvalue weighted by Crippen LogP contribution is 2.10. The van der Waals surface area contributed by atoms with Crippen molar-refractivity contribution in [2.45, 2.75) is 6.42 Å². The summed E-state index contributed by atoms with van der Waals surface area (Å²) in [4.78, 5) is 15.1. The number of aromatic nitrogens is 1. The molecule has 1 aromatic heterocycles. The minimum absolute atomic E-state index is 0.284. The lowest BCUT2D eigenvalue weighted by Crippen LogP contribution is -2.11. The third-order valence-corrected chi connectivity index (χ3v) is 2.38. The van der Waals surface area contributed by atoms with Gasteiger partial charge in [-0.05, 0) is 29.8 Å². The van der Waals surface area contributed by atoms with Gasteiger partial charge in [0, 0.05) is 23.9 Å². The third kappa shape index (κ3) is 2.87. The van der Waals surface area contributed by atoms with E-state index in [0.29, 0.717) is 17.7 Å². The minimum atomic E-state index is -0.493. The number of hydrogen-bond acceptors (Lipinski definition) is 2. The van der Waals surface area contributed by atoms with Crippen LogP contribution >= 0.6 is 0 Å². The number of carbonyl (C=O) groups is 1. The number of primary amides is 1.